The van der Waals surface area contributed by atoms with Crippen molar-refractivity contribution in [1.82, 2.24) is 24.7 Å². The molecule has 0 radical (unpaired) electrons. The maximum atomic E-state index is 4.25. The van der Waals surface area contributed by atoms with Crippen LogP contribution < -0.4 is 0 Å². The zero-order chi connectivity index (χ0) is 14.7. The van der Waals surface area contributed by atoms with Crippen molar-refractivity contribution in [3.05, 3.63) is 52.9 Å². The lowest BCUT2D eigenvalue weighted by Gasteiger charge is -2.03. The lowest BCUT2D eigenvalue weighted by Crippen LogP contribution is -1.96. The first-order valence-corrected chi connectivity index (χ1v) is 8.05. The van der Waals surface area contributed by atoms with Gasteiger partial charge in [-0.3, -0.25) is 4.98 Å². The summed E-state index contributed by atoms with van der Waals surface area (Å²) >= 11 is 5.08. The summed E-state index contributed by atoms with van der Waals surface area (Å²) in [6.45, 7) is 0. The number of hydrogen-bond acceptors (Lipinski definition) is 5. The van der Waals surface area contributed by atoms with Gasteiger partial charge in [0.1, 0.15) is 5.69 Å². The van der Waals surface area contributed by atoms with E-state index >= 15 is 0 Å². The first kappa shape index (κ1) is 14.2. The van der Waals surface area contributed by atoms with Crippen LogP contribution in [0.15, 0.2) is 52.5 Å². The van der Waals surface area contributed by atoms with Gasteiger partial charge in [-0.05, 0) is 17.7 Å². The maximum Gasteiger partial charge on any atom is 0.191 e. The van der Waals surface area contributed by atoms with Crippen LogP contribution in [-0.4, -0.2) is 24.7 Å². The summed E-state index contributed by atoms with van der Waals surface area (Å²) in [4.78, 5) is 8.31. The zero-order valence-corrected chi connectivity index (χ0v) is 13.7. The number of aromatic nitrogens is 5. The molecule has 0 amide bonds. The fourth-order valence-corrected chi connectivity index (χ4v) is 2.94. The molecule has 0 saturated carbocycles. The van der Waals surface area contributed by atoms with Crippen molar-refractivity contribution in [2.75, 3.05) is 0 Å². The molecule has 0 aliphatic rings. The molecule has 0 bridgehead atoms. The lowest BCUT2D eigenvalue weighted by atomic mass is 10.2. The number of nitrogens with zero attached hydrogens (tertiary/aromatic N) is 5. The zero-order valence-electron chi connectivity index (χ0n) is 11.3. The molecular formula is C14H12BrN5S. The lowest BCUT2D eigenvalue weighted by molar-refractivity contribution is 0.791. The minimum atomic E-state index is 0.724. The van der Waals surface area contributed by atoms with Crippen LogP contribution in [0.2, 0.25) is 0 Å². The fraction of sp³-hybridized carbons (Fsp3) is 0.143. The molecule has 106 valence electrons. The highest BCUT2D eigenvalue weighted by molar-refractivity contribution is 9.10. The van der Waals surface area contributed by atoms with Crippen molar-refractivity contribution in [3.63, 3.8) is 0 Å². The quantitative estimate of drug-likeness (QED) is 0.667. The van der Waals surface area contributed by atoms with Gasteiger partial charge in [-0.2, -0.15) is 0 Å². The Morgan fingerprint density at radius 3 is 2.67 bits per heavy atom. The van der Waals surface area contributed by atoms with Gasteiger partial charge in [-0.25, -0.2) is 4.98 Å². The van der Waals surface area contributed by atoms with E-state index in [0.717, 1.165) is 26.9 Å². The minimum Gasteiger partial charge on any atom is -0.304 e. The van der Waals surface area contributed by atoms with Crippen LogP contribution in [0.25, 0.3) is 11.5 Å². The third kappa shape index (κ3) is 3.30. The first-order chi connectivity index (χ1) is 10.2. The SMILES string of the molecule is Cn1c(SCc2ccc(Br)cc2)nnc1-c1cnccn1. The predicted octanol–water partition coefficient (Wildman–Crippen LogP) is 3.33. The summed E-state index contributed by atoms with van der Waals surface area (Å²) in [6, 6.07) is 8.27. The Labute approximate surface area is 135 Å². The van der Waals surface area contributed by atoms with Gasteiger partial charge < -0.3 is 4.57 Å². The summed E-state index contributed by atoms with van der Waals surface area (Å²) in [6.07, 6.45) is 4.98. The summed E-state index contributed by atoms with van der Waals surface area (Å²) in [5.74, 6) is 1.57. The van der Waals surface area contributed by atoms with Crippen LogP contribution in [-0.2, 0) is 12.8 Å². The van der Waals surface area contributed by atoms with Crippen molar-refractivity contribution in [2.24, 2.45) is 7.05 Å². The van der Waals surface area contributed by atoms with Gasteiger partial charge >= 0.3 is 0 Å². The number of thioether (sulfide) groups is 1. The number of rotatable bonds is 4. The first-order valence-electron chi connectivity index (χ1n) is 6.27. The molecule has 0 aliphatic heterocycles. The van der Waals surface area contributed by atoms with Crippen LogP contribution in [0.1, 0.15) is 5.56 Å². The Bertz CT molecular complexity index is 727. The molecule has 7 heteroatoms. The van der Waals surface area contributed by atoms with E-state index in [-0.39, 0.29) is 0 Å². The van der Waals surface area contributed by atoms with E-state index in [1.807, 2.05) is 23.7 Å². The van der Waals surface area contributed by atoms with Gasteiger partial charge in [0.2, 0.25) is 0 Å². The molecule has 0 fully saturated rings. The Morgan fingerprint density at radius 2 is 1.95 bits per heavy atom. The Hall–Kier alpha value is -1.73. The maximum absolute atomic E-state index is 4.25. The normalized spacial score (nSPS) is 10.8. The summed E-state index contributed by atoms with van der Waals surface area (Å²) in [5.41, 5.74) is 1.97. The third-order valence-electron chi connectivity index (χ3n) is 2.91. The number of hydrogen-bond donors (Lipinski definition) is 0. The molecule has 0 atom stereocenters. The van der Waals surface area contributed by atoms with Crippen molar-refractivity contribution < 1.29 is 0 Å². The van der Waals surface area contributed by atoms with Gasteiger partial charge in [-0.1, -0.05) is 39.8 Å². The van der Waals surface area contributed by atoms with Gasteiger partial charge in [-0.15, -0.1) is 10.2 Å². The second-order valence-electron chi connectivity index (χ2n) is 4.37. The minimum absolute atomic E-state index is 0.724. The van der Waals surface area contributed by atoms with Crippen LogP contribution in [0, 0.1) is 0 Å². The molecule has 0 saturated heterocycles. The molecule has 1 aromatic carbocycles. The van der Waals surface area contributed by atoms with E-state index in [1.54, 1.807) is 30.4 Å². The molecular weight excluding hydrogens is 350 g/mol. The molecule has 3 rings (SSSR count). The van der Waals surface area contributed by atoms with Crippen LogP contribution in [0.3, 0.4) is 0 Å². The Kier molecular flexibility index (Phi) is 4.31. The van der Waals surface area contributed by atoms with Crippen LogP contribution >= 0.6 is 27.7 Å². The van der Waals surface area contributed by atoms with Crippen molar-refractivity contribution in [1.29, 1.82) is 0 Å². The molecule has 3 aromatic rings. The van der Waals surface area contributed by atoms with Crippen LogP contribution in [0.4, 0.5) is 0 Å². The second-order valence-corrected chi connectivity index (χ2v) is 6.23. The van der Waals surface area contributed by atoms with Gasteiger partial charge in [0, 0.05) is 29.7 Å². The van der Waals surface area contributed by atoms with Gasteiger partial charge in [0.15, 0.2) is 11.0 Å². The second kappa shape index (κ2) is 6.36. The van der Waals surface area contributed by atoms with Crippen molar-refractivity contribution >= 4 is 27.7 Å². The molecule has 2 heterocycles. The average Bonchev–Trinajstić information content (AvgIpc) is 2.89. The topological polar surface area (TPSA) is 56.5 Å². The van der Waals surface area contributed by atoms with Crippen LogP contribution in [0.5, 0.6) is 0 Å². The fourth-order valence-electron chi connectivity index (χ4n) is 1.81. The van der Waals surface area contributed by atoms with Gasteiger partial charge in [0.25, 0.3) is 0 Å². The van der Waals surface area contributed by atoms with E-state index in [2.05, 4.69) is 48.2 Å². The Balaban J connectivity index is 1.75. The summed E-state index contributed by atoms with van der Waals surface area (Å²) < 4.78 is 3.02. The molecule has 0 unspecified atom stereocenters. The number of halogens is 1. The highest BCUT2D eigenvalue weighted by Gasteiger charge is 2.12. The van der Waals surface area contributed by atoms with E-state index < -0.39 is 0 Å². The van der Waals surface area contributed by atoms with E-state index in [4.69, 9.17) is 0 Å². The van der Waals surface area contributed by atoms with Gasteiger partial charge in [0.05, 0.1) is 6.20 Å². The molecule has 0 spiro atoms. The van der Waals surface area contributed by atoms with E-state index in [9.17, 15) is 0 Å². The summed E-state index contributed by atoms with van der Waals surface area (Å²) in [5, 5.41) is 9.28. The summed E-state index contributed by atoms with van der Waals surface area (Å²) in [7, 11) is 1.94. The third-order valence-corrected chi connectivity index (χ3v) is 4.53. The predicted molar refractivity (Wildman–Crippen MR) is 85.7 cm³/mol. The largest absolute Gasteiger partial charge is 0.304 e. The molecule has 2 aromatic heterocycles. The smallest absolute Gasteiger partial charge is 0.191 e. The van der Waals surface area contributed by atoms with E-state index in [1.165, 1.54) is 5.56 Å². The highest BCUT2D eigenvalue weighted by Crippen LogP contribution is 2.24. The van der Waals surface area contributed by atoms with Crippen molar-refractivity contribution in [3.8, 4) is 11.5 Å². The molecule has 0 N–H and O–H groups in total. The number of benzene rings is 1. The molecule has 0 aliphatic carbocycles. The molecule has 5 nitrogen and oxygen atoms in total. The standard InChI is InChI=1S/C14H12BrN5S/c1-20-13(12-8-16-6-7-17-12)18-19-14(20)21-9-10-2-4-11(15)5-3-10/h2-8H,9H2,1H3. The van der Waals surface area contributed by atoms with Crippen molar-refractivity contribution in [2.45, 2.75) is 10.9 Å². The monoisotopic (exact) mass is 361 g/mol. The molecule has 21 heavy (non-hydrogen) atoms. The average molecular weight is 362 g/mol. The Morgan fingerprint density at radius 1 is 1.14 bits per heavy atom. The highest BCUT2D eigenvalue weighted by atomic mass is 79.9. The van der Waals surface area contributed by atoms with E-state index in [0.29, 0.717) is 0 Å².